The first kappa shape index (κ1) is 16.5. The summed E-state index contributed by atoms with van der Waals surface area (Å²) < 4.78 is 19.2. The molecule has 2 aromatic rings. The molecule has 1 N–H and O–H groups in total. The zero-order valence-electron chi connectivity index (χ0n) is 13.3. The Kier molecular flexibility index (Phi) is 5.36. The van der Waals surface area contributed by atoms with Gasteiger partial charge in [-0.1, -0.05) is 24.3 Å². The van der Waals surface area contributed by atoms with Gasteiger partial charge in [0.25, 0.3) is 0 Å². The molecule has 3 rings (SSSR count). The third-order valence-corrected chi connectivity index (χ3v) is 5.24. The predicted molar refractivity (Wildman–Crippen MR) is 93.4 cm³/mol. The van der Waals surface area contributed by atoms with Crippen LogP contribution in [0.25, 0.3) is 0 Å². The molecule has 2 aromatic carbocycles. The Morgan fingerprint density at radius 3 is 2.70 bits per heavy atom. The van der Waals surface area contributed by atoms with Gasteiger partial charge in [0, 0.05) is 30.0 Å². The van der Waals surface area contributed by atoms with Crippen LogP contribution in [-0.4, -0.2) is 26.0 Å². The lowest BCUT2D eigenvalue weighted by molar-refractivity contribution is 0.176. The van der Waals surface area contributed by atoms with E-state index in [4.69, 9.17) is 4.74 Å². The monoisotopic (exact) mass is 331 g/mol. The van der Waals surface area contributed by atoms with Gasteiger partial charge in [0.1, 0.15) is 5.82 Å². The zero-order chi connectivity index (χ0) is 16.1. The first-order chi connectivity index (χ1) is 11.2. The van der Waals surface area contributed by atoms with E-state index in [1.165, 1.54) is 16.5 Å². The fourth-order valence-electron chi connectivity index (χ4n) is 3.08. The van der Waals surface area contributed by atoms with E-state index in [1.54, 1.807) is 23.9 Å². The second kappa shape index (κ2) is 7.47. The Morgan fingerprint density at radius 1 is 1.22 bits per heavy atom. The largest absolute Gasteiger partial charge is 0.380 e. The van der Waals surface area contributed by atoms with E-state index in [2.05, 4.69) is 35.8 Å². The molecule has 1 heterocycles. The van der Waals surface area contributed by atoms with Gasteiger partial charge in [-0.3, -0.25) is 0 Å². The highest BCUT2D eigenvalue weighted by molar-refractivity contribution is 7.98. The van der Waals surface area contributed by atoms with E-state index >= 15 is 0 Å². The number of benzene rings is 2. The van der Waals surface area contributed by atoms with Crippen LogP contribution in [0, 0.1) is 5.82 Å². The molecule has 0 spiro atoms. The summed E-state index contributed by atoms with van der Waals surface area (Å²) in [5.74, 6) is -0.179. The van der Waals surface area contributed by atoms with Crippen molar-refractivity contribution in [2.75, 3.05) is 26.0 Å². The predicted octanol–water partition coefficient (Wildman–Crippen LogP) is 4.00. The molecule has 122 valence electrons. The molecule has 4 heteroatoms. The lowest BCUT2D eigenvalue weighted by Crippen LogP contribution is -2.38. The third kappa shape index (κ3) is 3.94. The SMILES string of the molecule is CSc1ccc(CNC[C@]2(c3cccc(F)c3)CCOC2)cc1. The second-order valence-corrected chi connectivity index (χ2v) is 6.92. The number of halogens is 1. The van der Waals surface area contributed by atoms with E-state index < -0.39 is 0 Å². The molecule has 0 aromatic heterocycles. The summed E-state index contributed by atoms with van der Waals surface area (Å²) in [5, 5.41) is 3.53. The number of hydrogen-bond donors (Lipinski definition) is 1. The molecule has 2 nitrogen and oxygen atoms in total. The second-order valence-electron chi connectivity index (χ2n) is 6.04. The maximum atomic E-state index is 13.6. The molecule has 0 radical (unpaired) electrons. The van der Waals surface area contributed by atoms with Crippen molar-refractivity contribution in [2.24, 2.45) is 0 Å². The highest BCUT2D eigenvalue weighted by Gasteiger charge is 2.36. The number of hydrogen-bond acceptors (Lipinski definition) is 3. The summed E-state index contributed by atoms with van der Waals surface area (Å²) in [7, 11) is 0. The molecular formula is C19H22FNOS. The molecule has 1 saturated heterocycles. The van der Waals surface area contributed by atoms with Crippen molar-refractivity contribution in [1.82, 2.24) is 5.32 Å². The van der Waals surface area contributed by atoms with Crippen molar-refractivity contribution in [3.63, 3.8) is 0 Å². The quantitative estimate of drug-likeness (QED) is 0.809. The van der Waals surface area contributed by atoms with E-state index in [0.717, 1.165) is 31.7 Å². The maximum Gasteiger partial charge on any atom is 0.123 e. The highest BCUT2D eigenvalue weighted by atomic mass is 32.2. The average Bonchev–Trinajstić information content (AvgIpc) is 3.06. The van der Waals surface area contributed by atoms with Crippen LogP contribution in [0.15, 0.2) is 53.4 Å². The first-order valence-electron chi connectivity index (χ1n) is 7.89. The molecule has 0 aliphatic carbocycles. The fourth-order valence-corrected chi connectivity index (χ4v) is 3.49. The zero-order valence-corrected chi connectivity index (χ0v) is 14.2. The summed E-state index contributed by atoms with van der Waals surface area (Å²) in [6, 6.07) is 15.5. The van der Waals surface area contributed by atoms with Gasteiger partial charge in [-0.05, 0) is 48.1 Å². The Labute approximate surface area is 141 Å². The lowest BCUT2D eigenvalue weighted by atomic mass is 9.79. The minimum Gasteiger partial charge on any atom is -0.380 e. The Hall–Kier alpha value is -1.36. The van der Waals surface area contributed by atoms with E-state index in [-0.39, 0.29) is 11.2 Å². The van der Waals surface area contributed by atoms with Crippen LogP contribution >= 0.6 is 11.8 Å². The van der Waals surface area contributed by atoms with Crippen molar-refractivity contribution in [2.45, 2.75) is 23.3 Å². The molecule has 1 aliphatic heterocycles. The fraction of sp³-hybridized carbons (Fsp3) is 0.368. The van der Waals surface area contributed by atoms with Crippen molar-refractivity contribution in [1.29, 1.82) is 0 Å². The van der Waals surface area contributed by atoms with E-state index in [9.17, 15) is 4.39 Å². The van der Waals surface area contributed by atoms with Crippen LogP contribution in [-0.2, 0) is 16.7 Å². The van der Waals surface area contributed by atoms with Gasteiger partial charge in [0.15, 0.2) is 0 Å². The standard InChI is InChI=1S/C19H22FNOS/c1-23-18-7-5-15(6-8-18)12-21-13-19(9-10-22-14-19)16-3-2-4-17(20)11-16/h2-8,11,21H,9-10,12-14H2,1H3/t19-/m1/s1. The van der Waals surface area contributed by atoms with Gasteiger partial charge >= 0.3 is 0 Å². The normalized spacial score (nSPS) is 20.8. The van der Waals surface area contributed by atoms with Crippen molar-refractivity contribution in [3.05, 3.63) is 65.5 Å². The smallest absolute Gasteiger partial charge is 0.123 e. The topological polar surface area (TPSA) is 21.3 Å². The minimum atomic E-state index is -0.179. The molecule has 0 unspecified atom stereocenters. The van der Waals surface area contributed by atoms with Crippen LogP contribution in [0.2, 0.25) is 0 Å². The van der Waals surface area contributed by atoms with Gasteiger partial charge in [0.2, 0.25) is 0 Å². The number of thioether (sulfide) groups is 1. The van der Waals surface area contributed by atoms with Gasteiger partial charge in [-0.25, -0.2) is 4.39 Å². The molecule has 0 bridgehead atoms. The first-order valence-corrected chi connectivity index (χ1v) is 9.12. The van der Waals surface area contributed by atoms with Crippen LogP contribution in [0.3, 0.4) is 0 Å². The van der Waals surface area contributed by atoms with Crippen molar-refractivity contribution in [3.8, 4) is 0 Å². The summed E-state index contributed by atoms with van der Waals surface area (Å²) in [6.45, 7) is 2.99. The molecule has 23 heavy (non-hydrogen) atoms. The van der Waals surface area contributed by atoms with Crippen LogP contribution in [0.5, 0.6) is 0 Å². The summed E-state index contributed by atoms with van der Waals surface area (Å²) >= 11 is 1.75. The van der Waals surface area contributed by atoms with Gasteiger partial charge in [-0.15, -0.1) is 11.8 Å². The average molecular weight is 331 g/mol. The summed E-state index contributed by atoms with van der Waals surface area (Å²) in [6.07, 6.45) is 3.00. The summed E-state index contributed by atoms with van der Waals surface area (Å²) in [4.78, 5) is 1.27. The molecule has 0 amide bonds. The minimum absolute atomic E-state index is 0.124. The Bertz CT molecular complexity index is 638. The molecule has 1 aliphatic rings. The maximum absolute atomic E-state index is 13.6. The number of ether oxygens (including phenoxy) is 1. The Morgan fingerprint density at radius 2 is 2.04 bits per heavy atom. The molecular weight excluding hydrogens is 309 g/mol. The van der Waals surface area contributed by atoms with Gasteiger partial charge in [-0.2, -0.15) is 0 Å². The highest BCUT2D eigenvalue weighted by Crippen LogP contribution is 2.33. The van der Waals surface area contributed by atoms with Crippen molar-refractivity contribution < 1.29 is 9.13 Å². The molecule has 1 fully saturated rings. The van der Waals surface area contributed by atoms with E-state index in [0.29, 0.717) is 6.61 Å². The van der Waals surface area contributed by atoms with Gasteiger partial charge < -0.3 is 10.1 Å². The van der Waals surface area contributed by atoms with Crippen LogP contribution < -0.4 is 5.32 Å². The van der Waals surface area contributed by atoms with Gasteiger partial charge in [0.05, 0.1) is 6.61 Å². The van der Waals surface area contributed by atoms with E-state index in [1.807, 2.05) is 6.07 Å². The summed E-state index contributed by atoms with van der Waals surface area (Å²) in [5.41, 5.74) is 2.16. The molecule has 0 saturated carbocycles. The number of rotatable bonds is 6. The van der Waals surface area contributed by atoms with Crippen LogP contribution in [0.4, 0.5) is 4.39 Å². The van der Waals surface area contributed by atoms with Crippen molar-refractivity contribution >= 4 is 11.8 Å². The Balaban J connectivity index is 1.66. The molecule has 1 atom stereocenters. The third-order valence-electron chi connectivity index (χ3n) is 4.49. The number of nitrogens with one attached hydrogen (secondary N) is 1. The lowest BCUT2D eigenvalue weighted by Gasteiger charge is -2.28. The van der Waals surface area contributed by atoms with Crippen LogP contribution in [0.1, 0.15) is 17.5 Å².